The van der Waals surface area contributed by atoms with Gasteiger partial charge in [0.1, 0.15) is 11.6 Å². The fraction of sp³-hybridized carbons (Fsp3) is 0.286. The molecule has 0 saturated heterocycles. The van der Waals surface area contributed by atoms with E-state index in [9.17, 15) is 4.39 Å². The molecule has 0 radical (unpaired) electrons. The summed E-state index contributed by atoms with van der Waals surface area (Å²) in [7, 11) is 1.84. The van der Waals surface area contributed by atoms with E-state index in [4.69, 9.17) is 4.42 Å². The minimum absolute atomic E-state index is 0.111. The van der Waals surface area contributed by atoms with Crippen molar-refractivity contribution in [1.82, 2.24) is 5.32 Å². The first-order valence-corrected chi connectivity index (χ1v) is 5.60. The normalized spacial score (nSPS) is 12.7. The quantitative estimate of drug-likeness (QED) is 0.879. The standard InChI is InChI=1S/C14H16FNO/c1-9-4-5-11(8-12(9)15)13(16-3)14-10(2)6-7-17-14/h4-8,13,16H,1-3H3. The highest BCUT2D eigenvalue weighted by Crippen LogP contribution is 2.26. The zero-order valence-electron chi connectivity index (χ0n) is 10.3. The second-order valence-electron chi connectivity index (χ2n) is 4.20. The van der Waals surface area contributed by atoms with Crippen LogP contribution in [0.4, 0.5) is 4.39 Å². The molecule has 90 valence electrons. The van der Waals surface area contributed by atoms with Crippen molar-refractivity contribution >= 4 is 0 Å². The van der Waals surface area contributed by atoms with Crippen molar-refractivity contribution in [3.05, 3.63) is 58.8 Å². The number of nitrogens with one attached hydrogen (secondary N) is 1. The molecule has 0 aliphatic carbocycles. The van der Waals surface area contributed by atoms with Crippen LogP contribution in [0.3, 0.4) is 0 Å². The highest BCUT2D eigenvalue weighted by Gasteiger charge is 2.18. The van der Waals surface area contributed by atoms with Crippen LogP contribution in [0.2, 0.25) is 0 Å². The van der Waals surface area contributed by atoms with Gasteiger partial charge in [0, 0.05) is 0 Å². The van der Waals surface area contributed by atoms with Gasteiger partial charge < -0.3 is 9.73 Å². The summed E-state index contributed by atoms with van der Waals surface area (Å²) < 4.78 is 19.0. The zero-order chi connectivity index (χ0) is 12.4. The number of hydrogen-bond acceptors (Lipinski definition) is 2. The molecule has 2 rings (SSSR count). The minimum Gasteiger partial charge on any atom is -0.467 e. The maximum atomic E-state index is 13.6. The van der Waals surface area contributed by atoms with E-state index >= 15 is 0 Å². The molecule has 2 nitrogen and oxygen atoms in total. The lowest BCUT2D eigenvalue weighted by atomic mass is 10.0. The van der Waals surface area contributed by atoms with Crippen molar-refractivity contribution in [2.24, 2.45) is 0 Å². The van der Waals surface area contributed by atoms with Gasteiger partial charge in [-0.1, -0.05) is 12.1 Å². The van der Waals surface area contributed by atoms with E-state index in [1.165, 1.54) is 0 Å². The van der Waals surface area contributed by atoms with Gasteiger partial charge in [0.05, 0.1) is 12.3 Å². The number of furan rings is 1. The Labute approximate surface area is 100 Å². The monoisotopic (exact) mass is 233 g/mol. The first-order valence-electron chi connectivity index (χ1n) is 5.60. The van der Waals surface area contributed by atoms with E-state index in [2.05, 4.69) is 5.32 Å². The number of halogens is 1. The second kappa shape index (κ2) is 4.72. The third-order valence-corrected chi connectivity index (χ3v) is 2.98. The van der Waals surface area contributed by atoms with Crippen LogP contribution in [0.1, 0.15) is 28.5 Å². The molecule has 0 bridgehead atoms. The van der Waals surface area contributed by atoms with E-state index in [0.717, 1.165) is 16.9 Å². The molecule has 1 atom stereocenters. The fourth-order valence-electron chi connectivity index (χ4n) is 1.92. The average molecular weight is 233 g/mol. The molecule has 1 unspecified atom stereocenters. The van der Waals surface area contributed by atoms with Crippen molar-refractivity contribution in [2.45, 2.75) is 19.9 Å². The number of rotatable bonds is 3. The Hall–Kier alpha value is -1.61. The van der Waals surface area contributed by atoms with Crippen molar-refractivity contribution < 1.29 is 8.81 Å². The molecule has 0 fully saturated rings. The molecule has 17 heavy (non-hydrogen) atoms. The van der Waals surface area contributed by atoms with Gasteiger partial charge in [0.15, 0.2) is 0 Å². The Morgan fingerprint density at radius 3 is 2.47 bits per heavy atom. The highest BCUT2D eigenvalue weighted by molar-refractivity contribution is 5.33. The predicted octanol–water partition coefficient (Wildman–Crippen LogP) is 3.34. The molecular weight excluding hydrogens is 217 g/mol. The van der Waals surface area contributed by atoms with Crippen LogP contribution in [0, 0.1) is 19.7 Å². The molecular formula is C14H16FNO. The van der Waals surface area contributed by atoms with Gasteiger partial charge >= 0.3 is 0 Å². The van der Waals surface area contributed by atoms with Crippen molar-refractivity contribution in [3.63, 3.8) is 0 Å². The van der Waals surface area contributed by atoms with Gasteiger partial charge in [-0.3, -0.25) is 0 Å². The maximum Gasteiger partial charge on any atom is 0.128 e. The highest BCUT2D eigenvalue weighted by atomic mass is 19.1. The van der Waals surface area contributed by atoms with E-state index in [0.29, 0.717) is 5.56 Å². The average Bonchev–Trinajstić information content (AvgIpc) is 2.71. The first kappa shape index (κ1) is 11.9. The van der Waals surface area contributed by atoms with Crippen molar-refractivity contribution in [3.8, 4) is 0 Å². The summed E-state index contributed by atoms with van der Waals surface area (Å²) in [6.07, 6.45) is 1.65. The Balaban J connectivity index is 2.42. The van der Waals surface area contributed by atoms with E-state index in [1.54, 1.807) is 25.3 Å². The summed E-state index contributed by atoms with van der Waals surface area (Å²) in [4.78, 5) is 0. The second-order valence-corrected chi connectivity index (χ2v) is 4.20. The third kappa shape index (κ3) is 2.24. The predicted molar refractivity (Wildman–Crippen MR) is 65.5 cm³/mol. The van der Waals surface area contributed by atoms with Crippen LogP contribution in [0.15, 0.2) is 34.9 Å². The molecule has 1 aromatic heterocycles. The summed E-state index contributed by atoms with van der Waals surface area (Å²) in [6.45, 7) is 3.74. The van der Waals surface area contributed by atoms with Gasteiger partial charge in [-0.25, -0.2) is 4.39 Å². The molecule has 1 aromatic carbocycles. The van der Waals surface area contributed by atoms with E-state index < -0.39 is 0 Å². The van der Waals surface area contributed by atoms with Gasteiger partial charge in [0.25, 0.3) is 0 Å². The number of hydrogen-bond donors (Lipinski definition) is 1. The zero-order valence-corrected chi connectivity index (χ0v) is 10.3. The van der Waals surface area contributed by atoms with Crippen LogP contribution in [0.5, 0.6) is 0 Å². The van der Waals surface area contributed by atoms with Crippen LogP contribution >= 0.6 is 0 Å². The van der Waals surface area contributed by atoms with Crippen LogP contribution in [0.25, 0.3) is 0 Å². The molecule has 3 heteroatoms. The Morgan fingerprint density at radius 1 is 1.18 bits per heavy atom. The number of aryl methyl sites for hydroxylation is 2. The molecule has 0 saturated carbocycles. The van der Waals surface area contributed by atoms with Gasteiger partial charge in [0.2, 0.25) is 0 Å². The summed E-state index contributed by atoms with van der Waals surface area (Å²) >= 11 is 0. The van der Waals surface area contributed by atoms with Gasteiger partial charge in [-0.05, 0) is 49.7 Å². The smallest absolute Gasteiger partial charge is 0.128 e. The summed E-state index contributed by atoms with van der Waals surface area (Å²) in [5.41, 5.74) is 2.58. The lowest BCUT2D eigenvalue weighted by molar-refractivity contribution is 0.459. The maximum absolute atomic E-state index is 13.6. The summed E-state index contributed by atoms with van der Waals surface area (Å²) in [6, 6.07) is 7.05. The van der Waals surface area contributed by atoms with Crippen LogP contribution in [-0.4, -0.2) is 7.05 Å². The summed E-state index contributed by atoms with van der Waals surface area (Å²) in [5, 5.41) is 3.15. The topological polar surface area (TPSA) is 25.2 Å². The molecule has 2 aromatic rings. The molecule has 0 amide bonds. The SMILES string of the molecule is CNC(c1ccc(C)c(F)c1)c1occc1C. The lowest BCUT2D eigenvalue weighted by Crippen LogP contribution is -2.18. The van der Waals surface area contributed by atoms with Crippen molar-refractivity contribution in [2.75, 3.05) is 7.05 Å². The molecule has 0 aliphatic rings. The molecule has 0 spiro atoms. The van der Waals surface area contributed by atoms with Crippen molar-refractivity contribution in [1.29, 1.82) is 0 Å². The molecule has 1 heterocycles. The Bertz CT molecular complexity index is 519. The Kier molecular flexibility index (Phi) is 3.29. The van der Waals surface area contributed by atoms with Gasteiger partial charge in [-0.2, -0.15) is 0 Å². The lowest BCUT2D eigenvalue weighted by Gasteiger charge is -2.15. The minimum atomic E-state index is -0.188. The van der Waals surface area contributed by atoms with E-state index in [-0.39, 0.29) is 11.9 Å². The van der Waals surface area contributed by atoms with Crippen LogP contribution in [-0.2, 0) is 0 Å². The fourth-order valence-corrected chi connectivity index (χ4v) is 1.92. The third-order valence-electron chi connectivity index (χ3n) is 2.98. The first-order chi connectivity index (χ1) is 8.13. The van der Waals surface area contributed by atoms with E-state index in [1.807, 2.05) is 26.1 Å². The Morgan fingerprint density at radius 2 is 1.94 bits per heavy atom. The van der Waals surface area contributed by atoms with Crippen LogP contribution < -0.4 is 5.32 Å². The van der Waals surface area contributed by atoms with Gasteiger partial charge in [-0.15, -0.1) is 0 Å². The molecule has 1 N–H and O–H groups in total. The summed E-state index contributed by atoms with van der Waals surface area (Å²) in [5.74, 6) is 0.641. The molecule has 0 aliphatic heterocycles. The number of benzene rings is 1. The largest absolute Gasteiger partial charge is 0.467 e.